The standard InChI is InChI=1S/C8H14N2O4/c1-5(2)10-6(11)4-9-7(12)8(13)14-3/h5H,4H2,1-3H3,(H,9,12)(H,10,11). The lowest BCUT2D eigenvalue weighted by Gasteiger charge is -2.08. The van der Waals surface area contributed by atoms with Gasteiger partial charge in [-0.3, -0.25) is 9.59 Å². The summed E-state index contributed by atoms with van der Waals surface area (Å²) in [4.78, 5) is 32.4. The van der Waals surface area contributed by atoms with Gasteiger partial charge in [0.1, 0.15) is 0 Å². The highest BCUT2D eigenvalue weighted by atomic mass is 16.5. The van der Waals surface area contributed by atoms with Crippen molar-refractivity contribution < 1.29 is 19.1 Å². The number of ether oxygens (including phenoxy) is 1. The average Bonchev–Trinajstić information content (AvgIpc) is 2.11. The Labute approximate surface area is 82.0 Å². The van der Waals surface area contributed by atoms with Gasteiger partial charge in [0.05, 0.1) is 13.7 Å². The minimum absolute atomic E-state index is 0.00229. The first-order valence-corrected chi connectivity index (χ1v) is 4.13. The van der Waals surface area contributed by atoms with Gasteiger partial charge in [0, 0.05) is 6.04 Å². The van der Waals surface area contributed by atoms with Crippen LogP contribution in [0, 0.1) is 0 Å². The number of esters is 1. The minimum Gasteiger partial charge on any atom is -0.462 e. The quantitative estimate of drug-likeness (QED) is 0.444. The number of hydrogen-bond acceptors (Lipinski definition) is 4. The molecule has 0 aliphatic carbocycles. The van der Waals surface area contributed by atoms with Gasteiger partial charge in [-0.05, 0) is 13.8 Å². The van der Waals surface area contributed by atoms with Crippen LogP contribution in [0.4, 0.5) is 0 Å². The fourth-order valence-electron chi connectivity index (χ4n) is 0.698. The van der Waals surface area contributed by atoms with Crippen molar-refractivity contribution in [2.45, 2.75) is 19.9 Å². The second-order valence-corrected chi connectivity index (χ2v) is 2.90. The van der Waals surface area contributed by atoms with E-state index in [1.165, 1.54) is 0 Å². The van der Waals surface area contributed by atoms with Crippen molar-refractivity contribution in [1.82, 2.24) is 10.6 Å². The molecule has 0 rings (SSSR count). The van der Waals surface area contributed by atoms with Crippen LogP contribution in [0.25, 0.3) is 0 Å². The lowest BCUT2D eigenvalue weighted by molar-refractivity contribution is -0.152. The van der Waals surface area contributed by atoms with E-state index >= 15 is 0 Å². The summed E-state index contributed by atoms with van der Waals surface area (Å²) in [7, 11) is 1.09. The number of nitrogens with one attached hydrogen (secondary N) is 2. The predicted octanol–water partition coefficient (Wildman–Crippen LogP) is -1.20. The maximum Gasteiger partial charge on any atom is 0.396 e. The molecule has 80 valence electrons. The Kier molecular flexibility index (Phi) is 5.28. The molecule has 2 N–H and O–H groups in total. The van der Waals surface area contributed by atoms with Crippen molar-refractivity contribution >= 4 is 17.8 Å². The Bertz CT molecular complexity index is 237. The molecule has 6 heteroatoms. The van der Waals surface area contributed by atoms with E-state index in [0.29, 0.717) is 0 Å². The van der Waals surface area contributed by atoms with Crippen LogP contribution in [-0.2, 0) is 19.1 Å². The van der Waals surface area contributed by atoms with Gasteiger partial charge < -0.3 is 15.4 Å². The first kappa shape index (κ1) is 12.4. The molecule has 0 atom stereocenters. The zero-order valence-electron chi connectivity index (χ0n) is 8.42. The summed E-state index contributed by atoms with van der Waals surface area (Å²) in [5.74, 6) is -2.29. The van der Waals surface area contributed by atoms with Gasteiger partial charge in [0.25, 0.3) is 0 Å². The third-order valence-corrected chi connectivity index (χ3v) is 1.23. The molecule has 2 amide bonds. The molecular weight excluding hydrogens is 188 g/mol. The van der Waals surface area contributed by atoms with Crippen molar-refractivity contribution in [3.63, 3.8) is 0 Å². The van der Waals surface area contributed by atoms with Crippen molar-refractivity contribution in [2.24, 2.45) is 0 Å². The van der Waals surface area contributed by atoms with Crippen LogP contribution in [-0.4, -0.2) is 37.5 Å². The summed E-state index contributed by atoms with van der Waals surface area (Å²) in [6, 6.07) is -0.00229. The van der Waals surface area contributed by atoms with E-state index in [1.54, 1.807) is 13.8 Å². The predicted molar refractivity (Wildman–Crippen MR) is 48.3 cm³/mol. The second kappa shape index (κ2) is 5.95. The number of rotatable bonds is 3. The summed E-state index contributed by atoms with van der Waals surface area (Å²) in [5, 5.41) is 4.66. The van der Waals surface area contributed by atoms with Crippen LogP contribution in [0.5, 0.6) is 0 Å². The highest BCUT2D eigenvalue weighted by molar-refractivity contribution is 6.32. The Morgan fingerprint density at radius 2 is 1.86 bits per heavy atom. The van der Waals surface area contributed by atoms with Gasteiger partial charge in [-0.25, -0.2) is 4.79 Å². The zero-order chi connectivity index (χ0) is 11.1. The van der Waals surface area contributed by atoms with Crippen LogP contribution in [0.3, 0.4) is 0 Å². The summed E-state index contributed by atoms with van der Waals surface area (Å²) in [6.07, 6.45) is 0. The molecule has 14 heavy (non-hydrogen) atoms. The number of hydrogen-bond donors (Lipinski definition) is 2. The van der Waals surface area contributed by atoms with Gasteiger partial charge in [0.2, 0.25) is 5.91 Å². The van der Waals surface area contributed by atoms with Gasteiger partial charge in [-0.2, -0.15) is 0 Å². The molecule has 0 aromatic heterocycles. The molecule has 0 spiro atoms. The Hall–Kier alpha value is -1.59. The van der Waals surface area contributed by atoms with E-state index in [0.717, 1.165) is 7.11 Å². The monoisotopic (exact) mass is 202 g/mol. The minimum atomic E-state index is -1.01. The largest absolute Gasteiger partial charge is 0.462 e. The molecule has 0 heterocycles. The van der Waals surface area contributed by atoms with Crippen LogP contribution in [0.2, 0.25) is 0 Å². The lowest BCUT2D eigenvalue weighted by Crippen LogP contribution is -2.42. The summed E-state index contributed by atoms with van der Waals surface area (Å²) >= 11 is 0. The topological polar surface area (TPSA) is 84.5 Å². The van der Waals surface area contributed by atoms with E-state index < -0.39 is 11.9 Å². The van der Waals surface area contributed by atoms with Gasteiger partial charge in [-0.15, -0.1) is 0 Å². The first-order chi connectivity index (χ1) is 6.47. The van der Waals surface area contributed by atoms with Crippen molar-refractivity contribution in [2.75, 3.05) is 13.7 Å². The number of carbonyl (C=O) groups excluding carboxylic acids is 3. The maximum absolute atomic E-state index is 11.0. The van der Waals surface area contributed by atoms with E-state index in [9.17, 15) is 14.4 Å². The Balaban J connectivity index is 3.78. The molecule has 0 saturated carbocycles. The fourth-order valence-corrected chi connectivity index (χ4v) is 0.698. The molecule has 0 radical (unpaired) electrons. The molecule has 0 unspecified atom stereocenters. The molecule has 0 aliphatic rings. The molecular formula is C8H14N2O4. The smallest absolute Gasteiger partial charge is 0.396 e. The molecule has 6 nitrogen and oxygen atoms in total. The summed E-state index contributed by atoms with van der Waals surface area (Å²) in [6.45, 7) is 3.35. The van der Waals surface area contributed by atoms with Crippen LogP contribution in [0.1, 0.15) is 13.8 Å². The van der Waals surface area contributed by atoms with Crippen molar-refractivity contribution in [3.8, 4) is 0 Å². The van der Waals surface area contributed by atoms with Gasteiger partial charge >= 0.3 is 11.9 Å². The molecule has 0 saturated heterocycles. The molecule has 0 aliphatic heterocycles. The lowest BCUT2D eigenvalue weighted by atomic mass is 10.4. The highest BCUT2D eigenvalue weighted by Gasteiger charge is 2.14. The number of methoxy groups -OCH3 is 1. The summed E-state index contributed by atoms with van der Waals surface area (Å²) in [5.41, 5.74) is 0. The average molecular weight is 202 g/mol. The molecule has 0 bridgehead atoms. The maximum atomic E-state index is 11.0. The van der Waals surface area contributed by atoms with Crippen LogP contribution >= 0.6 is 0 Å². The molecule has 0 aromatic carbocycles. The van der Waals surface area contributed by atoms with Gasteiger partial charge in [-0.1, -0.05) is 0 Å². The second-order valence-electron chi connectivity index (χ2n) is 2.90. The Morgan fingerprint density at radius 3 is 2.29 bits per heavy atom. The highest BCUT2D eigenvalue weighted by Crippen LogP contribution is 1.77. The Morgan fingerprint density at radius 1 is 1.29 bits per heavy atom. The summed E-state index contributed by atoms with van der Waals surface area (Å²) < 4.78 is 4.14. The number of amides is 2. The van der Waals surface area contributed by atoms with E-state index in [1.807, 2.05) is 0 Å². The van der Waals surface area contributed by atoms with E-state index in [-0.39, 0.29) is 18.5 Å². The molecule has 0 aromatic rings. The normalized spacial score (nSPS) is 9.43. The van der Waals surface area contributed by atoms with Gasteiger partial charge in [0.15, 0.2) is 0 Å². The fraction of sp³-hybridized carbons (Fsp3) is 0.625. The SMILES string of the molecule is COC(=O)C(=O)NCC(=O)NC(C)C. The van der Waals surface area contributed by atoms with Crippen LogP contribution in [0.15, 0.2) is 0 Å². The first-order valence-electron chi connectivity index (χ1n) is 4.13. The molecule has 0 fully saturated rings. The zero-order valence-corrected chi connectivity index (χ0v) is 8.42. The van der Waals surface area contributed by atoms with E-state index in [2.05, 4.69) is 15.4 Å². The van der Waals surface area contributed by atoms with Crippen molar-refractivity contribution in [1.29, 1.82) is 0 Å². The third-order valence-electron chi connectivity index (χ3n) is 1.23. The van der Waals surface area contributed by atoms with E-state index in [4.69, 9.17) is 0 Å². The van der Waals surface area contributed by atoms with Crippen molar-refractivity contribution in [3.05, 3.63) is 0 Å². The number of carbonyl (C=O) groups is 3. The third kappa shape index (κ3) is 5.13. The van der Waals surface area contributed by atoms with Crippen LogP contribution < -0.4 is 10.6 Å².